The molecule has 2 N–H and O–H groups in total. The van der Waals surface area contributed by atoms with E-state index in [1.807, 2.05) is 60.7 Å². The van der Waals surface area contributed by atoms with E-state index in [1.165, 1.54) is 6.21 Å². The lowest BCUT2D eigenvalue weighted by atomic mass is 10.1. The monoisotopic (exact) mass is 341 g/mol. The number of para-hydroxylation sites is 1. The molecule has 0 aliphatic carbocycles. The van der Waals surface area contributed by atoms with E-state index in [4.69, 9.17) is 0 Å². The zero-order valence-electron chi connectivity index (χ0n) is 13.8. The first-order valence-corrected chi connectivity index (χ1v) is 8.12. The van der Waals surface area contributed by atoms with E-state index in [2.05, 4.69) is 15.5 Å². The number of benzene rings is 3. The molecule has 0 radical (unpaired) electrons. The van der Waals surface area contributed by atoms with Gasteiger partial charge in [0.1, 0.15) is 5.75 Å². The second-order valence-electron chi connectivity index (χ2n) is 5.84. The number of pyridine rings is 1. The fraction of sp³-hybridized carbons (Fsp3) is 0. The highest BCUT2D eigenvalue weighted by Gasteiger charge is 2.11. The number of fused-ring (bicyclic) bond motifs is 2. The van der Waals surface area contributed by atoms with Gasteiger partial charge in [0.05, 0.1) is 23.0 Å². The summed E-state index contributed by atoms with van der Waals surface area (Å²) >= 11 is 0. The maximum Gasteiger partial charge on any atom is 0.275 e. The lowest BCUT2D eigenvalue weighted by Gasteiger charge is -2.05. The van der Waals surface area contributed by atoms with Crippen molar-refractivity contribution in [1.29, 1.82) is 0 Å². The molecule has 0 unspecified atom stereocenters. The first-order chi connectivity index (χ1) is 12.7. The summed E-state index contributed by atoms with van der Waals surface area (Å²) in [5.41, 5.74) is 4.09. The van der Waals surface area contributed by atoms with Crippen molar-refractivity contribution in [2.75, 3.05) is 0 Å². The van der Waals surface area contributed by atoms with Crippen LogP contribution >= 0.6 is 0 Å². The average molecular weight is 341 g/mol. The van der Waals surface area contributed by atoms with E-state index in [1.54, 1.807) is 12.1 Å². The van der Waals surface area contributed by atoms with Gasteiger partial charge < -0.3 is 5.11 Å². The second-order valence-corrected chi connectivity index (χ2v) is 5.84. The van der Waals surface area contributed by atoms with E-state index >= 15 is 0 Å². The van der Waals surface area contributed by atoms with E-state index < -0.39 is 5.91 Å². The van der Waals surface area contributed by atoms with Crippen LogP contribution in [-0.2, 0) is 0 Å². The normalized spacial score (nSPS) is 11.2. The molecule has 1 amide bonds. The Morgan fingerprint density at radius 3 is 2.42 bits per heavy atom. The molecule has 0 aliphatic rings. The molecular formula is C21H15N3O2. The molecule has 0 saturated carbocycles. The molecule has 3 aromatic carbocycles. The predicted molar refractivity (Wildman–Crippen MR) is 102 cm³/mol. The quantitative estimate of drug-likeness (QED) is 0.439. The van der Waals surface area contributed by atoms with Crippen molar-refractivity contribution in [3.05, 3.63) is 84.1 Å². The number of phenolic OH excluding ortho intramolecular Hbond substituents is 1. The zero-order valence-corrected chi connectivity index (χ0v) is 13.8. The highest BCUT2D eigenvalue weighted by molar-refractivity contribution is 6.01. The Kier molecular flexibility index (Phi) is 4.03. The number of carbonyl (C=O) groups is 1. The summed E-state index contributed by atoms with van der Waals surface area (Å²) in [7, 11) is 0. The molecule has 4 rings (SSSR count). The van der Waals surface area contributed by atoms with Crippen molar-refractivity contribution in [1.82, 2.24) is 10.4 Å². The molecule has 0 spiro atoms. The number of aromatic nitrogens is 1. The van der Waals surface area contributed by atoms with Crippen molar-refractivity contribution in [3.8, 4) is 5.75 Å². The van der Waals surface area contributed by atoms with Gasteiger partial charge in [0.25, 0.3) is 5.91 Å². The van der Waals surface area contributed by atoms with E-state index in [0.717, 1.165) is 21.7 Å². The lowest BCUT2D eigenvalue weighted by Crippen LogP contribution is -2.17. The number of hydrogen-bond acceptors (Lipinski definition) is 4. The standard InChI is InChI=1S/C21H15N3O2/c25-20-12-16-7-2-1-6-15(16)11-18(20)21(26)24-22-13-17-10-9-14-5-3-4-8-19(14)23-17/h1-13,25H,(H,24,26)/b22-13+. The first-order valence-electron chi connectivity index (χ1n) is 8.12. The molecule has 0 aliphatic heterocycles. The molecular weight excluding hydrogens is 326 g/mol. The lowest BCUT2D eigenvalue weighted by molar-refractivity contribution is 0.0952. The van der Waals surface area contributed by atoms with Gasteiger partial charge in [0, 0.05) is 5.39 Å². The largest absolute Gasteiger partial charge is 0.507 e. The molecule has 26 heavy (non-hydrogen) atoms. The Morgan fingerprint density at radius 2 is 1.62 bits per heavy atom. The minimum Gasteiger partial charge on any atom is -0.507 e. The highest BCUT2D eigenvalue weighted by atomic mass is 16.3. The van der Waals surface area contributed by atoms with Gasteiger partial charge in [-0.2, -0.15) is 5.10 Å². The Morgan fingerprint density at radius 1 is 0.923 bits per heavy atom. The SMILES string of the molecule is O=C(N/N=C/c1ccc2ccccc2n1)c1cc2ccccc2cc1O. The average Bonchev–Trinajstić information content (AvgIpc) is 2.67. The number of rotatable bonds is 3. The van der Waals surface area contributed by atoms with Crippen LogP contribution in [0.5, 0.6) is 5.75 Å². The molecule has 0 saturated heterocycles. The number of hydrazone groups is 1. The first kappa shape index (κ1) is 15.8. The summed E-state index contributed by atoms with van der Waals surface area (Å²) in [4.78, 5) is 16.8. The van der Waals surface area contributed by atoms with Crippen molar-refractivity contribution in [3.63, 3.8) is 0 Å². The minimum atomic E-state index is -0.481. The van der Waals surface area contributed by atoms with Gasteiger partial charge >= 0.3 is 0 Å². The van der Waals surface area contributed by atoms with Crippen LogP contribution < -0.4 is 5.43 Å². The summed E-state index contributed by atoms with van der Waals surface area (Å²) < 4.78 is 0. The minimum absolute atomic E-state index is 0.0831. The van der Waals surface area contributed by atoms with Crippen LogP contribution in [0.15, 0.2) is 77.9 Å². The second kappa shape index (κ2) is 6.64. The number of hydrogen-bond donors (Lipinski definition) is 2. The fourth-order valence-corrected chi connectivity index (χ4v) is 2.78. The topological polar surface area (TPSA) is 74.6 Å². The third-order valence-electron chi connectivity index (χ3n) is 4.09. The van der Waals surface area contributed by atoms with Gasteiger partial charge in [-0.1, -0.05) is 48.5 Å². The van der Waals surface area contributed by atoms with Gasteiger partial charge in [0.15, 0.2) is 0 Å². The Labute approximate surface area is 149 Å². The van der Waals surface area contributed by atoms with Gasteiger partial charge in [-0.05, 0) is 35.0 Å². The molecule has 126 valence electrons. The summed E-state index contributed by atoms with van der Waals surface area (Å²) in [6.07, 6.45) is 1.47. The molecule has 4 aromatic rings. The number of aromatic hydroxyl groups is 1. The van der Waals surface area contributed by atoms with Crippen molar-refractivity contribution >= 4 is 33.8 Å². The molecule has 1 aromatic heterocycles. The van der Waals surface area contributed by atoms with Crippen LogP contribution in [0.3, 0.4) is 0 Å². The molecule has 5 heteroatoms. The molecule has 0 atom stereocenters. The van der Waals surface area contributed by atoms with E-state index in [9.17, 15) is 9.90 Å². The zero-order chi connectivity index (χ0) is 17.9. The molecule has 1 heterocycles. The Hall–Kier alpha value is -3.73. The summed E-state index contributed by atoms with van der Waals surface area (Å²) in [6.45, 7) is 0. The molecule has 0 bridgehead atoms. The van der Waals surface area contributed by atoms with Crippen molar-refractivity contribution in [2.45, 2.75) is 0 Å². The van der Waals surface area contributed by atoms with Crippen LogP contribution in [0.4, 0.5) is 0 Å². The maximum absolute atomic E-state index is 12.3. The van der Waals surface area contributed by atoms with Crippen molar-refractivity contribution < 1.29 is 9.90 Å². The van der Waals surface area contributed by atoms with Gasteiger partial charge in [0.2, 0.25) is 0 Å². The molecule has 5 nitrogen and oxygen atoms in total. The summed E-state index contributed by atoms with van der Waals surface area (Å²) in [5, 5.41) is 16.8. The van der Waals surface area contributed by atoms with Crippen molar-refractivity contribution in [2.24, 2.45) is 5.10 Å². The van der Waals surface area contributed by atoms with Crippen LogP contribution in [-0.4, -0.2) is 22.2 Å². The Bertz CT molecular complexity index is 1150. The number of nitrogens with zero attached hydrogens (tertiary/aromatic N) is 2. The number of amides is 1. The Balaban J connectivity index is 1.54. The predicted octanol–water partition coefficient (Wildman–Crippen LogP) is 3.86. The van der Waals surface area contributed by atoms with Crippen LogP contribution in [0.1, 0.15) is 16.1 Å². The number of phenols is 1. The highest BCUT2D eigenvalue weighted by Crippen LogP contribution is 2.24. The van der Waals surface area contributed by atoms with Crippen LogP contribution in [0.25, 0.3) is 21.7 Å². The van der Waals surface area contributed by atoms with Gasteiger partial charge in [-0.15, -0.1) is 0 Å². The van der Waals surface area contributed by atoms with Gasteiger partial charge in [-0.25, -0.2) is 10.4 Å². The molecule has 0 fully saturated rings. The van der Waals surface area contributed by atoms with E-state index in [-0.39, 0.29) is 11.3 Å². The van der Waals surface area contributed by atoms with Crippen LogP contribution in [0, 0.1) is 0 Å². The third kappa shape index (κ3) is 3.10. The van der Waals surface area contributed by atoms with Crippen LogP contribution in [0.2, 0.25) is 0 Å². The summed E-state index contributed by atoms with van der Waals surface area (Å²) in [5.74, 6) is -0.564. The van der Waals surface area contributed by atoms with Gasteiger partial charge in [-0.3, -0.25) is 4.79 Å². The third-order valence-corrected chi connectivity index (χ3v) is 4.09. The number of carbonyl (C=O) groups excluding carboxylic acids is 1. The number of nitrogens with one attached hydrogen (secondary N) is 1. The fourth-order valence-electron chi connectivity index (χ4n) is 2.78. The van der Waals surface area contributed by atoms with E-state index in [0.29, 0.717) is 5.69 Å². The summed E-state index contributed by atoms with van der Waals surface area (Å²) in [6, 6.07) is 22.3. The maximum atomic E-state index is 12.3. The smallest absolute Gasteiger partial charge is 0.275 e.